The number of nitrogens with zero attached hydrogens (tertiary/aromatic N) is 1. The fourth-order valence-corrected chi connectivity index (χ4v) is 4.41. The van der Waals surface area contributed by atoms with Crippen molar-refractivity contribution in [3.05, 3.63) is 29.7 Å². The van der Waals surface area contributed by atoms with Gasteiger partial charge in [0.1, 0.15) is 17.8 Å². The summed E-state index contributed by atoms with van der Waals surface area (Å²) in [6.07, 6.45) is 4.33. The monoisotopic (exact) mass is 561 g/mol. The number of amides is 4. The van der Waals surface area contributed by atoms with Crippen LogP contribution in [-0.2, 0) is 23.9 Å². The minimum absolute atomic E-state index is 0.0569. The molecule has 1 fully saturated rings. The van der Waals surface area contributed by atoms with Gasteiger partial charge in [0.05, 0.1) is 6.61 Å². The van der Waals surface area contributed by atoms with Gasteiger partial charge in [0.15, 0.2) is 5.69 Å². The van der Waals surface area contributed by atoms with Crippen molar-refractivity contribution in [3.63, 3.8) is 0 Å². The molecule has 0 saturated carbocycles. The highest BCUT2D eigenvalue weighted by Gasteiger charge is 2.31. The van der Waals surface area contributed by atoms with E-state index >= 15 is 0 Å². The summed E-state index contributed by atoms with van der Waals surface area (Å²) in [5.41, 5.74) is 0.0581. The molecule has 4 amide bonds. The van der Waals surface area contributed by atoms with Gasteiger partial charge in [-0.1, -0.05) is 38.9 Å². The number of rotatable bonds is 15. The Balaban J connectivity index is 2.19. The maximum atomic E-state index is 13.5. The minimum atomic E-state index is -0.913. The lowest BCUT2D eigenvalue weighted by atomic mass is 9.96. The van der Waals surface area contributed by atoms with Crippen LogP contribution in [0.5, 0.6) is 0 Å². The molecule has 1 aliphatic heterocycles. The van der Waals surface area contributed by atoms with Gasteiger partial charge in [0.25, 0.3) is 5.91 Å². The lowest BCUT2D eigenvalue weighted by Crippen LogP contribution is -2.55. The number of carbonyl (C=O) groups is 5. The molecule has 1 aromatic rings. The Hall–Kier alpha value is -3.70. The number of hydrogen-bond donors (Lipinski definition) is 4. The van der Waals surface area contributed by atoms with E-state index in [1.165, 1.54) is 18.2 Å². The van der Waals surface area contributed by atoms with Crippen LogP contribution in [0.15, 0.2) is 22.7 Å². The molecule has 0 bridgehead atoms. The topological polar surface area (TPSA) is 169 Å². The predicted octanol–water partition coefficient (Wildman–Crippen LogP) is 1.79. The van der Waals surface area contributed by atoms with E-state index in [-0.39, 0.29) is 36.0 Å². The minimum Gasteiger partial charge on any atom is -0.463 e. The first-order valence-corrected chi connectivity index (χ1v) is 13.9. The third-order valence-electron chi connectivity index (χ3n) is 6.31. The van der Waals surface area contributed by atoms with Crippen molar-refractivity contribution in [3.8, 4) is 0 Å². The molecule has 0 unspecified atom stereocenters. The van der Waals surface area contributed by atoms with E-state index < -0.39 is 41.8 Å². The second kappa shape index (κ2) is 15.8. The molecule has 222 valence electrons. The number of esters is 1. The van der Waals surface area contributed by atoms with Crippen LogP contribution in [0.25, 0.3) is 0 Å². The maximum Gasteiger partial charge on any atom is 0.330 e. The first-order chi connectivity index (χ1) is 18.9. The molecule has 0 aliphatic carbocycles. The van der Waals surface area contributed by atoms with Crippen LogP contribution in [0.4, 0.5) is 0 Å². The zero-order chi connectivity index (χ0) is 29.8. The smallest absolute Gasteiger partial charge is 0.330 e. The second-order valence-electron chi connectivity index (χ2n) is 10.9. The standard InChI is InChI=1S/C28H43N5O7/c1-7-39-24(34)9-8-20(15-19-10-11-29-25(19)35)30-26(36)21(12-16(2)3)31-27(37)22(13-17(4)5)32-28(38)23-14-18(6)40-33-23/h8-9,14,16-17,19-22H,7,10-13,15H2,1-6H3,(H,29,35)(H,30,36)(H,31,37)(H,32,38)/b9-8+/t19-,20+,21-,22-/m0/s1. The number of nitrogens with one attached hydrogen (secondary N) is 4. The Kier molecular flexibility index (Phi) is 12.8. The molecule has 40 heavy (non-hydrogen) atoms. The lowest BCUT2D eigenvalue weighted by Gasteiger charge is -2.26. The molecule has 2 rings (SSSR count). The first kappa shape index (κ1) is 32.5. The maximum absolute atomic E-state index is 13.5. The number of aryl methyl sites for hydroxylation is 1. The van der Waals surface area contributed by atoms with Crippen LogP contribution in [0.3, 0.4) is 0 Å². The molecular weight excluding hydrogens is 518 g/mol. The summed E-state index contributed by atoms with van der Waals surface area (Å²) in [4.78, 5) is 63.6. The Morgan fingerprint density at radius 2 is 1.70 bits per heavy atom. The van der Waals surface area contributed by atoms with E-state index in [0.717, 1.165) is 0 Å². The van der Waals surface area contributed by atoms with Crippen LogP contribution in [0, 0.1) is 24.7 Å². The van der Waals surface area contributed by atoms with E-state index in [1.54, 1.807) is 13.8 Å². The number of carbonyl (C=O) groups excluding carboxylic acids is 5. The third kappa shape index (κ3) is 10.8. The zero-order valence-corrected chi connectivity index (χ0v) is 24.2. The van der Waals surface area contributed by atoms with Crippen LogP contribution in [-0.4, -0.2) is 66.0 Å². The summed E-state index contributed by atoms with van der Waals surface area (Å²) in [7, 11) is 0. The molecule has 12 nitrogen and oxygen atoms in total. The Bertz CT molecular complexity index is 1070. The van der Waals surface area contributed by atoms with Crippen molar-refractivity contribution in [2.45, 2.75) is 85.4 Å². The summed E-state index contributed by atoms with van der Waals surface area (Å²) in [5.74, 6) is -1.90. The second-order valence-corrected chi connectivity index (χ2v) is 10.9. The summed E-state index contributed by atoms with van der Waals surface area (Å²) in [6, 6.07) is -0.986. The SMILES string of the molecule is CCOC(=O)/C=C/[C@H](C[C@@H]1CCNC1=O)NC(=O)[C@H](CC(C)C)NC(=O)[C@H](CC(C)C)NC(=O)c1cc(C)on1. The summed E-state index contributed by atoms with van der Waals surface area (Å²) < 4.78 is 9.91. The van der Waals surface area contributed by atoms with Crippen molar-refractivity contribution in [2.24, 2.45) is 17.8 Å². The fraction of sp³-hybridized carbons (Fsp3) is 0.643. The van der Waals surface area contributed by atoms with Crippen LogP contribution >= 0.6 is 0 Å². The molecule has 2 heterocycles. The quantitative estimate of drug-likeness (QED) is 0.186. The van der Waals surface area contributed by atoms with Crippen LogP contribution < -0.4 is 21.3 Å². The van der Waals surface area contributed by atoms with E-state index in [0.29, 0.717) is 38.0 Å². The highest BCUT2D eigenvalue weighted by molar-refractivity contribution is 5.97. The molecule has 1 aliphatic rings. The molecule has 0 aromatic carbocycles. The molecular formula is C28H43N5O7. The van der Waals surface area contributed by atoms with Gasteiger partial charge >= 0.3 is 5.97 Å². The third-order valence-corrected chi connectivity index (χ3v) is 6.31. The van der Waals surface area contributed by atoms with E-state index in [2.05, 4.69) is 26.4 Å². The first-order valence-electron chi connectivity index (χ1n) is 13.9. The van der Waals surface area contributed by atoms with Crippen molar-refractivity contribution in [1.82, 2.24) is 26.4 Å². The molecule has 4 N–H and O–H groups in total. The summed E-state index contributed by atoms with van der Waals surface area (Å²) in [5, 5.41) is 14.9. The predicted molar refractivity (Wildman–Crippen MR) is 147 cm³/mol. The number of ether oxygens (including phenoxy) is 1. The number of aromatic nitrogens is 1. The Morgan fingerprint density at radius 1 is 1.07 bits per heavy atom. The average molecular weight is 562 g/mol. The van der Waals surface area contributed by atoms with Gasteiger partial charge in [-0.25, -0.2) is 4.79 Å². The van der Waals surface area contributed by atoms with E-state index in [1.807, 2.05) is 27.7 Å². The normalized spacial score (nSPS) is 17.4. The van der Waals surface area contributed by atoms with Crippen molar-refractivity contribution >= 4 is 29.6 Å². The molecule has 0 spiro atoms. The lowest BCUT2D eigenvalue weighted by molar-refractivity contribution is -0.137. The van der Waals surface area contributed by atoms with Crippen molar-refractivity contribution < 1.29 is 33.2 Å². The molecule has 0 radical (unpaired) electrons. The Labute approximate surface area is 235 Å². The zero-order valence-electron chi connectivity index (χ0n) is 24.2. The van der Waals surface area contributed by atoms with Gasteiger partial charge in [-0.15, -0.1) is 0 Å². The average Bonchev–Trinajstić information content (AvgIpc) is 3.49. The van der Waals surface area contributed by atoms with Gasteiger partial charge in [0.2, 0.25) is 17.7 Å². The summed E-state index contributed by atoms with van der Waals surface area (Å²) >= 11 is 0. The van der Waals surface area contributed by atoms with Gasteiger partial charge in [-0.2, -0.15) is 0 Å². The van der Waals surface area contributed by atoms with Gasteiger partial charge in [0, 0.05) is 30.6 Å². The molecule has 4 atom stereocenters. The van der Waals surface area contributed by atoms with Gasteiger partial charge in [-0.3, -0.25) is 19.2 Å². The number of hydrogen-bond acceptors (Lipinski definition) is 8. The van der Waals surface area contributed by atoms with E-state index in [4.69, 9.17) is 9.26 Å². The molecule has 1 saturated heterocycles. The van der Waals surface area contributed by atoms with Crippen LogP contribution in [0.2, 0.25) is 0 Å². The van der Waals surface area contributed by atoms with Gasteiger partial charge < -0.3 is 30.5 Å². The largest absolute Gasteiger partial charge is 0.463 e. The van der Waals surface area contributed by atoms with Crippen molar-refractivity contribution in [2.75, 3.05) is 13.2 Å². The Morgan fingerprint density at radius 3 is 2.23 bits per heavy atom. The summed E-state index contributed by atoms with van der Waals surface area (Å²) in [6.45, 7) is 11.8. The molecule has 1 aromatic heterocycles. The van der Waals surface area contributed by atoms with E-state index in [9.17, 15) is 24.0 Å². The van der Waals surface area contributed by atoms with Crippen molar-refractivity contribution in [1.29, 1.82) is 0 Å². The highest BCUT2D eigenvalue weighted by Crippen LogP contribution is 2.18. The molecule has 12 heteroatoms. The highest BCUT2D eigenvalue weighted by atomic mass is 16.5. The van der Waals surface area contributed by atoms with Gasteiger partial charge in [-0.05, 0) is 51.4 Å². The fourth-order valence-electron chi connectivity index (χ4n) is 4.41. The van der Waals surface area contributed by atoms with Crippen LogP contribution in [0.1, 0.15) is 76.6 Å².